The molecule has 1 aliphatic heterocycles. The molecule has 2 rings (SSSR count). The molecule has 0 saturated carbocycles. The molecule has 0 bridgehead atoms. The lowest BCUT2D eigenvalue weighted by Crippen LogP contribution is -2.43. The lowest BCUT2D eigenvalue weighted by molar-refractivity contribution is -0.148. The maximum Gasteiger partial charge on any atom is 0.327 e. The first kappa shape index (κ1) is 12.7. The van der Waals surface area contributed by atoms with Crippen molar-refractivity contribution >= 4 is 23.6 Å². The summed E-state index contributed by atoms with van der Waals surface area (Å²) < 4.78 is 9.91. The molecule has 7 nitrogen and oxygen atoms in total. The summed E-state index contributed by atoms with van der Waals surface area (Å²) in [5, 5.41) is 12.5. The molecule has 1 atom stereocenters. The SMILES string of the molecule is Cc1cc(OCC(=O)N2CSC[C@H]2C(=O)O)no1. The highest BCUT2D eigenvalue weighted by atomic mass is 32.2. The Balaban J connectivity index is 1.89. The smallest absolute Gasteiger partial charge is 0.327 e. The van der Waals surface area contributed by atoms with Crippen molar-refractivity contribution in [3.63, 3.8) is 0 Å². The fraction of sp³-hybridized carbons (Fsp3) is 0.500. The molecule has 8 heteroatoms. The van der Waals surface area contributed by atoms with E-state index in [-0.39, 0.29) is 18.4 Å². The van der Waals surface area contributed by atoms with Gasteiger partial charge in [-0.3, -0.25) is 4.79 Å². The fourth-order valence-corrected chi connectivity index (χ4v) is 2.70. The number of carbonyl (C=O) groups is 2. The van der Waals surface area contributed by atoms with Gasteiger partial charge < -0.3 is 19.3 Å². The number of ether oxygens (including phenoxy) is 1. The molecule has 18 heavy (non-hydrogen) atoms. The monoisotopic (exact) mass is 272 g/mol. The van der Waals surface area contributed by atoms with Crippen LogP contribution in [0.2, 0.25) is 0 Å². The summed E-state index contributed by atoms with van der Waals surface area (Å²) in [4.78, 5) is 24.0. The lowest BCUT2D eigenvalue weighted by atomic mass is 10.3. The number of aryl methyl sites for hydroxylation is 1. The van der Waals surface area contributed by atoms with Gasteiger partial charge in [0.25, 0.3) is 11.8 Å². The van der Waals surface area contributed by atoms with Gasteiger partial charge in [-0.1, -0.05) is 0 Å². The highest BCUT2D eigenvalue weighted by Gasteiger charge is 2.34. The van der Waals surface area contributed by atoms with Crippen molar-refractivity contribution < 1.29 is 24.0 Å². The van der Waals surface area contributed by atoms with Gasteiger partial charge in [-0.2, -0.15) is 0 Å². The summed E-state index contributed by atoms with van der Waals surface area (Å²) in [5.41, 5.74) is 0. The second-order valence-corrected chi connectivity index (χ2v) is 4.78. The van der Waals surface area contributed by atoms with E-state index in [1.807, 2.05) is 0 Å². The van der Waals surface area contributed by atoms with E-state index in [4.69, 9.17) is 14.4 Å². The number of carboxylic acids is 1. The Labute approximate surface area is 107 Å². The van der Waals surface area contributed by atoms with Gasteiger partial charge in [-0.05, 0) is 12.1 Å². The summed E-state index contributed by atoms with van der Waals surface area (Å²) in [6, 6.07) is 0.783. The molecule has 0 radical (unpaired) electrons. The van der Waals surface area contributed by atoms with Crippen molar-refractivity contribution in [3.05, 3.63) is 11.8 Å². The maximum absolute atomic E-state index is 11.8. The van der Waals surface area contributed by atoms with E-state index >= 15 is 0 Å². The minimum atomic E-state index is -0.995. The predicted octanol–water partition coefficient (Wildman–Crippen LogP) is 0.348. The van der Waals surface area contributed by atoms with Crippen LogP contribution in [0.15, 0.2) is 10.6 Å². The lowest BCUT2D eigenvalue weighted by Gasteiger charge is -2.19. The molecular weight excluding hydrogens is 260 g/mol. The number of amides is 1. The van der Waals surface area contributed by atoms with Crippen LogP contribution in [0.5, 0.6) is 5.88 Å². The normalized spacial score (nSPS) is 18.9. The van der Waals surface area contributed by atoms with Crippen molar-refractivity contribution in [2.45, 2.75) is 13.0 Å². The van der Waals surface area contributed by atoms with Crippen LogP contribution >= 0.6 is 11.8 Å². The first-order chi connectivity index (χ1) is 8.58. The Morgan fingerprint density at radius 3 is 3.11 bits per heavy atom. The average molecular weight is 272 g/mol. The van der Waals surface area contributed by atoms with Crippen LogP contribution in [0.3, 0.4) is 0 Å². The number of nitrogens with zero attached hydrogens (tertiary/aromatic N) is 2. The van der Waals surface area contributed by atoms with Gasteiger partial charge >= 0.3 is 5.97 Å². The fourth-order valence-electron chi connectivity index (χ4n) is 1.52. The summed E-state index contributed by atoms with van der Waals surface area (Å²) in [6.45, 7) is 1.47. The predicted molar refractivity (Wildman–Crippen MR) is 62.3 cm³/mol. The molecule has 1 amide bonds. The van der Waals surface area contributed by atoms with Crippen molar-refractivity contribution in [1.29, 1.82) is 0 Å². The number of aliphatic carboxylic acids is 1. The largest absolute Gasteiger partial charge is 0.480 e. The zero-order valence-corrected chi connectivity index (χ0v) is 10.5. The van der Waals surface area contributed by atoms with Gasteiger partial charge in [0.1, 0.15) is 11.8 Å². The number of carbonyl (C=O) groups excluding carboxylic acids is 1. The van der Waals surface area contributed by atoms with Gasteiger partial charge in [0, 0.05) is 11.8 Å². The Morgan fingerprint density at radius 1 is 1.72 bits per heavy atom. The third-order valence-electron chi connectivity index (χ3n) is 2.44. The van der Waals surface area contributed by atoms with E-state index in [0.29, 0.717) is 17.4 Å². The Hall–Kier alpha value is -1.70. The van der Waals surface area contributed by atoms with Crippen molar-refractivity contribution in [3.8, 4) is 5.88 Å². The molecule has 0 aliphatic carbocycles. The first-order valence-electron chi connectivity index (χ1n) is 5.24. The van der Waals surface area contributed by atoms with Crippen LogP contribution in [-0.2, 0) is 9.59 Å². The minimum Gasteiger partial charge on any atom is -0.480 e. The molecule has 1 fully saturated rings. The number of aromatic nitrogens is 1. The number of carboxylic acid groups (broad SMARTS) is 1. The summed E-state index contributed by atoms with van der Waals surface area (Å²) in [6.07, 6.45) is 0. The highest BCUT2D eigenvalue weighted by Crippen LogP contribution is 2.21. The van der Waals surface area contributed by atoms with E-state index in [1.54, 1.807) is 13.0 Å². The molecule has 0 unspecified atom stereocenters. The molecule has 1 aliphatic rings. The van der Waals surface area contributed by atoms with Gasteiger partial charge in [0.15, 0.2) is 6.61 Å². The average Bonchev–Trinajstić information content (AvgIpc) is 2.94. The Bertz CT molecular complexity index is 461. The molecule has 1 saturated heterocycles. The molecule has 0 aromatic carbocycles. The van der Waals surface area contributed by atoms with Crippen LogP contribution in [0.4, 0.5) is 0 Å². The topological polar surface area (TPSA) is 92.9 Å². The van der Waals surface area contributed by atoms with Gasteiger partial charge in [0.2, 0.25) is 0 Å². The zero-order valence-electron chi connectivity index (χ0n) is 9.66. The molecule has 1 N–H and O–H groups in total. The summed E-state index contributed by atoms with van der Waals surface area (Å²) >= 11 is 1.41. The molecule has 98 valence electrons. The van der Waals surface area contributed by atoms with Gasteiger partial charge in [-0.15, -0.1) is 11.8 Å². The van der Waals surface area contributed by atoms with E-state index < -0.39 is 12.0 Å². The van der Waals surface area contributed by atoms with Gasteiger partial charge in [-0.25, -0.2) is 4.79 Å². The third-order valence-corrected chi connectivity index (χ3v) is 3.45. The quantitative estimate of drug-likeness (QED) is 0.845. The van der Waals surface area contributed by atoms with Crippen LogP contribution in [0.25, 0.3) is 0 Å². The summed E-state index contributed by atoms with van der Waals surface area (Å²) in [7, 11) is 0. The molecular formula is C10H12N2O5S. The van der Waals surface area contributed by atoms with E-state index in [0.717, 1.165) is 0 Å². The van der Waals surface area contributed by atoms with Crippen molar-refractivity contribution in [1.82, 2.24) is 10.1 Å². The Kier molecular flexibility index (Phi) is 3.75. The minimum absolute atomic E-state index is 0.222. The molecule has 1 aromatic heterocycles. The first-order valence-corrected chi connectivity index (χ1v) is 6.39. The van der Waals surface area contributed by atoms with E-state index in [2.05, 4.69) is 5.16 Å². The molecule has 2 heterocycles. The number of hydrogen-bond acceptors (Lipinski definition) is 6. The summed E-state index contributed by atoms with van der Waals surface area (Å²) in [5.74, 6) is 0.220. The second kappa shape index (κ2) is 5.30. The highest BCUT2D eigenvalue weighted by molar-refractivity contribution is 7.99. The number of rotatable bonds is 4. The molecule has 0 spiro atoms. The molecule has 1 aromatic rings. The van der Waals surface area contributed by atoms with E-state index in [9.17, 15) is 9.59 Å². The van der Waals surface area contributed by atoms with Crippen molar-refractivity contribution in [2.24, 2.45) is 0 Å². The van der Waals surface area contributed by atoms with E-state index in [1.165, 1.54) is 16.7 Å². The van der Waals surface area contributed by atoms with Crippen LogP contribution in [-0.4, -0.2) is 51.3 Å². The zero-order chi connectivity index (χ0) is 13.1. The Morgan fingerprint density at radius 2 is 2.50 bits per heavy atom. The third kappa shape index (κ3) is 2.76. The van der Waals surface area contributed by atoms with Crippen molar-refractivity contribution in [2.75, 3.05) is 18.2 Å². The number of thioether (sulfide) groups is 1. The van der Waals surface area contributed by atoms with Gasteiger partial charge in [0.05, 0.1) is 5.88 Å². The number of hydrogen-bond donors (Lipinski definition) is 1. The van der Waals surface area contributed by atoms with Crippen LogP contribution in [0, 0.1) is 6.92 Å². The van der Waals surface area contributed by atoms with Crippen LogP contribution < -0.4 is 4.74 Å². The second-order valence-electron chi connectivity index (χ2n) is 3.78. The maximum atomic E-state index is 11.8. The van der Waals surface area contributed by atoms with Crippen LogP contribution in [0.1, 0.15) is 5.76 Å². The standard InChI is InChI=1S/C10H12N2O5S/c1-6-2-8(11-17-6)16-3-9(13)12-5-18-4-7(12)10(14)15/h2,7H,3-5H2,1H3,(H,14,15)/t7-/m0/s1.